The van der Waals surface area contributed by atoms with Crippen LogP contribution in [0.1, 0.15) is 13.3 Å². The molecule has 0 heterocycles. The fraction of sp³-hybridized carbons (Fsp3) is 0.167. The molecule has 0 atom stereocenters. The molecule has 0 amide bonds. The van der Waals surface area contributed by atoms with E-state index in [4.69, 9.17) is 32.7 Å². The number of rotatable bonds is 3. The minimum Gasteiger partial charge on any atom is -0.434 e. The molecule has 3 aromatic rings. The largest absolute Gasteiger partial charge is 0.513 e. The summed E-state index contributed by atoms with van der Waals surface area (Å²) in [5.41, 5.74) is 0. The van der Waals surface area contributed by atoms with E-state index in [-0.39, 0.29) is 0 Å². The summed E-state index contributed by atoms with van der Waals surface area (Å²) in [6, 6.07) is 13.2. The van der Waals surface area contributed by atoms with Crippen LogP contribution in [0.2, 0.25) is 10.0 Å². The third-order valence-corrected chi connectivity index (χ3v) is 4.28. The quantitative estimate of drug-likeness (QED) is 0.320. The van der Waals surface area contributed by atoms with Crippen LogP contribution in [0, 0.1) is 0 Å². The zero-order chi connectivity index (χ0) is 16.4. The zero-order valence-corrected chi connectivity index (χ0v) is 13.9. The van der Waals surface area contributed by atoms with Gasteiger partial charge in [0, 0.05) is 10.8 Å². The fourth-order valence-corrected chi connectivity index (χ4v) is 2.87. The van der Waals surface area contributed by atoms with Crippen molar-refractivity contribution in [2.75, 3.05) is 6.61 Å². The van der Waals surface area contributed by atoms with Crippen LogP contribution < -0.4 is 4.74 Å². The number of hydrogen-bond acceptors (Lipinski definition) is 3. The molecule has 0 saturated heterocycles. The number of benzene rings is 3. The first-order chi connectivity index (χ1) is 11.1. The van der Waals surface area contributed by atoms with E-state index in [2.05, 4.69) is 0 Å². The summed E-state index contributed by atoms with van der Waals surface area (Å²) >= 11 is 12.5. The normalized spacial score (nSPS) is 10.9. The van der Waals surface area contributed by atoms with Gasteiger partial charge >= 0.3 is 6.16 Å². The number of fused-ring (bicyclic) bond motifs is 2. The summed E-state index contributed by atoms with van der Waals surface area (Å²) in [6.07, 6.45) is -0.0293. The van der Waals surface area contributed by atoms with Gasteiger partial charge in [-0.05, 0) is 29.3 Å². The van der Waals surface area contributed by atoms with E-state index in [1.54, 1.807) is 6.07 Å². The van der Waals surface area contributed by atoms with Gasteiger partial charge in [0.25, 0.3) is 0 Å². The molecule has 0 aliphatic carbocycles. The number of ether oxygens (including phenoxy) is 2. The summed E-state index contributed by atoms with van der Waals surface area (Å²) in [5, 5.41) is 3.92. The molecule has 23 heavy (non-hydrogen) atoms. The van der Waals surface area contributed by atoms with E-state index in [9.17, 15) is 4.79 Å². The maximum atomic E-state index is 11.9. The lowest BCUT2D eigenvalue weighted by Crippen LogP contribution is -2.11. The summed E-state index contributed by atoms with van der Waals surface area (Å²) in [5.74, 6) is 0.367. The Morgan fingerprint density at radius 3 is 2.65 bits per heavy atom. The predicted molar refractivity (Wildman–Crippen MR) is 93.7 cm³/mol. The molecule has 0 N–H and O–H groups in total. The first-order valence-electron chi connectivity index (χ1n) is 7.26. The van der Waals surface area contributed by atoms with Crippen molar-refractivity contribution in [1.82, 2.24) is 0 Å². The van der Waals surface area contributed by atoms with E-state index in [0.717, 1.165) is 22.6 Å². The lowest BCUT2D eigenvalue weighted by molar-refractivity contribution is 0.100. The van der Waals surface area contributed by atoms with Crippen molar-refractivity contribution in [3.05, 3.63) is 52.5 Å². The number of carbonyl (C=O) groups is 1. The zero-order valence-electron chi connectivity index (χ0n) is 12.4. The van der Waals surface area contributed by atoms with Crippen LogP contribution in [0.3, 0.4) is 0 Å². The lowest BCUT2D eigenvalue weighted by atomic mass is 10.0. The van der Waals surface area contributed by atoms with Gasteiger partial charge in [0.2, 0.25) is 0 Å². The monoisotopic (exact) mass is 348 g/mol. The summed E-state index contributed by atoms with van der Waals surface area (Å²) in [7, 11) is 0. The number of hydrogen-bond donors (Lipinski definition) is 0. The van der Waals surface area contributed by atoms with Crippen LogP contribution in [0.25, 0.3) is 21.5 Å². The molecule has 0 aliphatic heterocycles. The standard InChI is InChI=1S/C18H14Cl2O3/c1-2-9-22-18(21)23-17-13-6-4-3-5-11(13)10-12-7-8-14(19)16(20)15(12)17/h3-8,10H,2,9H2,1H3. The van der Waals surface area contributed by atoms with Gasteiger partial charge in [-0.1, -0.05) is 60.5 Å². The van der Waals surface area contributed by atoms with E-state index in [1.165, 1.54) is 0 Å². The van der Waals surface area contributed by atoms with E-state index in [1.807, 2.05) is 43.3 Å². The Labute approximate surface area is 143 Å². The molecule has 118 valence electrons. The molecule has 3 aromatic carbocycles. The SMILES string of the molecule is CCCOC(=O)Oc1c2ccccc2cc2ccc(Cl)c(Cl)c12. The van der Waals surface area contributed by atoms with Gasteiger partial charge in [-0.3, -0.25) is 0 Å². The van der Waals surface area contributed by atoms with Crippen LogP contribution in [0.4, 0.5) is 4.79 Å². The highest BCUT2D eigenvalue weighted by molar-refractivity contribution is 6.46. The van der Waals surface area contributed by atoms with Gasteiger partial charge in [0.1, 0.15) is 0 Å². The molecule has 0 unspecified atom stereocenters. The van der Waals surface area contributed by atoms with Gasteiger partial charge in [-0.15, -0.1) is 0 Å². The molecule has 0 radical (unpaired) electrons. The summed E-state index contributed by atoms with van der Waals surface area (Å²) in [6.45, 7) is 2.22. The third-order valence-electron chi connectivity index (χ3n) is 3.48. The Kier molecular flexibility index (Phi) is 4.60. The van der Waals surface area contributed by atoms with Crippen LogP contribution >= 0.6 is 23.2 Å². The smallest absolute Gasteiger partial charge is 0.434 e. The van der Waals surface area contributed by atoms with Crippen LogP contribution in [0.15, 0.2) is 42.5 Å². The van der Waals surface area contributed by atoms with Crippen molar-refractivity contribution in [3.8, 4) is 5.75 Å². The van der Waals surface area contributed by atoms with Crippen molar-refractivity contribution in [3.63, 3.8) is 0 Å². The van der Waals surface area contributed by atoms with Crippen LogP contribution in [-0.2, 0) is 4.74 Å². The maximum Gasteiger partial charge on any atom is 0.513 e. The Balaban J connectivity index is 2.24. The Morgan fingerprint density at radius 1 is 1.09 bits per heavy atom. The molecule has 0 spiro atoms. The molecular formula is C18H14Cl2O3. The van der Waals surface area contributed by atoms with Crippen molar-refractivity contribution in [2.24, 2.45) is 0 Å². The third kappa shape index (κ3) is 3.07. The van der Waals surface area contributed by atoms with Crippen molar-refractivity contribution in [2.45, 2.75) is 13.3 Å². The first-order valence-corrected chi connectivity index (χ1v) is 8.01. The second-order valence-corrected chi connectivity index (χ2v) is 5.87. The number of carbonyl (C=O) groups excluding carboxylic acids is 1. The second kappa shape index (κ2) is 6.65. The topological polar surface area (TPSA) is 35.5 Å². The molecular weight excluding hydrogens is 335 g/mol. The van der Waals surface area contributed by atoms with Gasteiger partial charge in [-0.25, -0.2) is 4.79 Å². The molecule has 0 aromatic heterocycles. The van der Waals surface area contributed by atoms with Crippen molar-refractivity contribution >= 4 is 50.9 Å². The maximum absolute atomic E-state index is 11.9. The van der Waals surface area contributed by atoms with Crippen molar-refractivity contribution in [1.29, 1.82) is 0 Å². The van der Waals surface area contributed by atoms with E-state index < -0.39 is 6.16 Å². The van der Waals surface area contributed by atoms with E-state index >= 15 is 0 Å². The van der Waals surface area contributed by atoms with Crippen molar-refractivity contribution < 1.29 is 14.3 Å². The van der Waals surface area contributed by atoms with E-state index in [0.29, 0.717) is 27.8 Å². The summed E-state index contributed by atoms with van der Waals surface area (Å²) < 4.78 is 10.5. The highest BCUT2D eigenvalue weighted by Gasteiger charge is 2.17. The average molecular weight is 349 g/mol. The van der Waals surface area contributed by atoms with Gasteiger partial charge in [0.05, 0.1) is 16.7 Å². The minimum atomic E-state index is -0.749. The Hall–Kier alpha value is -1.97. The Bertz CT molecular complexity index is 890. The molecule has 0 aliphatic rings. The molecule has 5 heteroatoms. The average Bonchev–Trinajstić information content (AvgIpc) is 2.56. The van der Waals surface area contributed by atoms with Crippen LogP contribution in [-0.4, -0.2) is 12.8 Å². The minimum absolute atomic E-state index is 0.302. The van der Waals surface area contributed by atoms with Crippen LogP contribution in [0.5, 0.6) is 5.75 Å². The van der Waals surface area contributed by atoms with Gasteiger partial charge in [-0.2, -0.15) is 0 Å². The predicted octanol–water partition coefficient (Wildman–Crippen LogP) is 6.23. The highest BCUT2D eigenvalue weighted by atomic mass is 35.5. The Morgan fingerprint density at radius 2 is 1.87 bits per heavy atom. The molecule has 0 saturated carbocycles. The molecule has 0 bridgehead atoms. The highest BCUT2D eigenvalue weighted by Crippen LogP contribution is 2.41. The van der Waals surface area contributed by atoms with Gasteiger partial charge in [0.15, 0.2) is 5.75 Å². The molecule has 0 fully saturated rings. The molecule has 3 nitrogen and oxygen atoms in total. The first kappa shape index (κ1) is 15.9. The lowest BCUT2D eigenvalue weighted by Gasteiger charge is -2.13. The number of halogens is 2. The molecule has 3 rings (SSSR count). The summed E-state index contributed by atoms with van der Waals surface area (Å²) in [4.78, 5) is 11.9. The second-order valence-electron chi connectivity index (χ2n) is 5.09. The fourth-order valence-electron chi connectivity index (χ4n) is 2.45. The van der Waals surface area contributed by atoms with Gasteiger partial charge < -0.3 is 9.47 Å².